The Balaban J connectivity index is 2.12. The van der Waals surface area contributed by atoms with Crippen molar-refractivity contribution in [2.45, 2.75) is 31.9 Å². The van der Waals surface area contributed by atoms with E-state index in [0.29, 0.717) is 6.61 Å². The van der Waals surface area contributed by atoms with Gasteiger partial charge < -0.3 is 15.5 Å². The number of rotatable bonds is 4. The number of benzene rings is 1. The highest BCUT2D eigenvalue weighted by Crippen LogP contribution is 2.24. The number of nitro benzene ring substituents is 1. The summed E-state index contributed by atoms with van der Waals surface area (Å²) in [5.41, 5.74) is 2.41. The van der Waals surface area contributed by atoms with Gasteiger partial charge in [0.1, 0.15) is 5.69 Å². The van der Waals surface area contributed by atoms with E-state index in [-0.39, 0.29) is 35.0 Å². The first-order valence-electron chi connectivity index (χ1n) is 6.68. The van der Waals surface area contributed by atoms with Crippen LogP contribution in [0.25, 0.3) is 0 Å². The van der Waals surface area contributed by atoms with Gasteiger partial charge in [0, 0.05) is 24.3 Å². The Morgan fingerprint density at radius 1 is 1.52 bits per heavy atom. The minimum atomic E-state index is -0.581. The first kappa shape index (κ1) is 15.2. The second-order valence-corrected chi connectivity index (χ2v) is 5.01. The molecule has 2 atom stereocenters. The molecule has 0 bridgehead atoms. The maximum absolute atomic E-state index is 12.2. The fraction of sp³-hybridized carbons (Fsp3) is 0.462. The van der Waals surface area contributed by atoms with Crippen molar-refractivity contribution in [3.05, 3.63) is 33.9 Å². The van der Waals surface area contributed by atoms with Gasteiger partial charge >= 0.3 is 0 Å². The normalized spacial score (nSPS) is 21.6. The molecule has 1 aliphatic rings. The number of carbonyl (C=O) groups is 1. The Hall–Kier alpha value is -2.19. The van der Waals surface area contributed by atoms with Crippen LogP contribution in [0.15, 0.2) is 18.2 Å². The summed E-state index contributed by atoms with van der Waals surface area (Å²) in [4.78, 5) is 22.5. The summed E-state index contributed by atoms with van der Waals surface area (Å²) in [6.45, 7) is 2.55. The third-order valence-electron chi connectivity index (χ3n) is 3.43. The molecular formula is C13H18N4O4. The molecule has 0 aliphatic carbocycles. The van der Waals surface area contributed by atoms with Crippen molar-refractivity contribution in [2.75, 3.05) is 12.0 Å². The molecule has 2 rings (SSSR count). The number of carbonyl (C=O) groups excluding carboxylic acids is 1. The molecule has 1 aromatic rings. The van der Waals surface area contributed by atoms with Crippen LogP contribution in [0.5, 0.6) is 0 Å². The summed E-state index contributed by atoms with van der Waals surface area (Å²) < 4.78 is 5.41. The molecule has 0 spiro atoms. The van der Waals surface area contributed by atoms with Crippen LogP contribution in [-0.4, -0.2) is 29.6 Å². The van der Waals surface area contributed by atoms with Gasteiger partial charge in [-0.2, -0.15) is 0 Å². The number of nitro groups is 1. The van der Waals surface area contributed by atoms with Crippen LogP contribution in [0.1, 0.15) is 30.1 Å². The van der Waals surface area contributed by atoms with Crippen LogP contribution in [0.4, 0.5) is 11.4 Å². The summed E-state index contributed by atoms with van der Waals surface area (Å²) in [7, 11) is 0. The maximum Gasteiger partial charge on any atom is 0.294 e. The zero-order valence-corrected chi connectivity index (χ0v) is 11.7. The molecule has 1 heterocycles. The van der Waals surface area contributed by atoms with E-state index in [4.69, 9.17) is 10.6 Å². The highest BCUT2D eigenvalue weighted by molar-refractivity contribution is 5.95. The van der Waals surface area contributed by atoms with Crippen molar-refractivity contribution in [2.24, 2.45) is 5.84 Å². The summed E-state index contributed by atoms with van der Waals surface area (Å²) in [5.74, 6) is 4.88. The van der Waals surface area contributed by atoms with E-state index in [1.54, 1.807) is 0 Å². The average molecular weight is 294 g/mol. The van der Waals surface area contributed by atoms with E-state index in [0.717, 1.165) is 12.8 Å². The molecule has 0 radical (unpaired) electrons. The van der Waals surface area contributed by atoms with E-state index in [1.165, 1.54) is 18.2 Å². The second-order valence-electron chi connectivity index (χ2n) is 5.01. The molecule has 1 amide bonds. The summed E-state index contributed by atoms with van der Waals surface area (Å²) in [6, 6.07) is 4.15. The third kappa shape index (κ3) is 3.67. The monoisotopic (exact) mass is 294 g/mol. The summed E-state index contributed by atoms with van der Waals surface area (Å²) >= 11 is 0. The lowest BCUT2D eigenvalue weighted by Crippen LogP contribution is -2.41. The fourth-order valence-corrected chi connectivity index (χ4v) is 2.34. The smallest absolute Gasteiger partial charge is 0.294 e. The molecule has 1 saturated heterocycles. The maximum atomic E-state index is 12.2. The largest absolute Gasteiger partial charge is 0.378 e. The van der Waals surface area contributed by atoms with E-state index in [9.17, 15) is 14.9 Å². The number of hydrogen-bond donors (Lipinski definition) is 3. The lowest BCUT2D eigenvalue weighted by atomic mass is 10.0. The van der Waals surface area contributed by atoms with Gasteiger partial charge in [0.2, 0.25) is 0 Å². The van der Waals surface area contributed by atoms with E-state index >= 15 is 0 Å². The topological polar surface area (TPSA) is 120 Å². The molecule has 4 N–H and O–H groups in total. The van der Waals surface area contributed by atoms with Gasteiger partial charge in [-0.25, -0.2) is 0 Å². The number of anilines is 1. The van der Waals surface area contributed by atoms with Crippen molar-refractivity contribution in [1.29, 1.82) is 0 Å². The van der Waals surface area contributed by atoms with E-state index < -0.39 is 4.92 Å². The van der Waals surface area contributed by atoms with Crippen molar-refractivity contribution < 1.29 is 14.5 Å². The molecule has 2 unspecified atom stereocenters. The Kier molecular flexibility index (Phi) is 4.71. The van der Waals surface area contributed by atoms with Gasteiger partial charge in [-0.05, 0) is 31.9 Å². The number of amides is 1. The standard InChI is InChI=1S/C13H18N4O4/c1-8-6-10(4-5-21-8)15-13(18)9-2-3-11(16-14)12(7-9)17(19)20/h2-3,7-8,10,16H,4-6,14H2,1H3,(H,15,18). The van der Waals surface area contributed by atoms with Gasteiger partial charge in [-0.15, -0.1) is 0 Å². The van der Waals surface area contributed by atoms with Gasteiger partial charge in [-0.3, -0.25) is 20.8 Å². The Labute approximate surface area is 121 Å². The first-order valence-corrected chi connectivity index (χ1v) is 6.68. The summed E-state index contributed by atoms with van der Waals surface area (Å²) in [6.07, 6.45) is 1.57. The highest BCUT2D eigenvalue weighted by atomic mass is 16.6. The average Bonchev–Trinajstić information content (AvgIpc) is 2.46. The molecule has 21 heavy (non-hydrogen) atoms. The Morgan fingerprint density at radius 3 is 2.90 bits per heavy atom. The fourth-order valence-electron chi connectivity index (χ4n) is 2.34. The quantitative estimate of drug-likeness (QED) is 0.436. The van der Waals surface area contributed by atoms with Crippen molar-refractivity contribution in [3.63, 3.8) is 0 Å². The zero-order chi connectivity index (χ0) is 15.4. The predicted molar refractivity (Wildman–Crippen MR) is 76.8 cm³/mol. The van der Waals surface area contributed by atoms with Gasteiger partial charge in [0.15, 0.2) is 0 Å². The van der Waals surface area contributed by atoms with Crippen LogP contribution in [0.2, 0.25) is 0 Å². The van der Waals surface area contributed by atoms with Crippen LogP contribution in [0.3, 0.4) is 0 Å². The predicted octanol–water partition coefficient (Wildman–Crippen LogP) is 1.18. The number of nitrogens with two attached hydrogens (primary N) is 1. The van der Waals surface area contributed by atoms with Gasteiger partial charge in [-0.1, -0.05) is 0 Å². The molecule has 8 heteroatoms. The number of hydrogen-bond acceptors (Lipinski definition) is 6. The van der Waals surface area contributed by atoms with E-state index in [2.05, 4.69) is 10.7 Å². The summed E-state index contributed by atoms with van der Waals surface area (Å²) in [5, 5.41) is 13.8. The molecule has 8 nitrogen and oxygen atoms in total. The van der Waals surface area contributed by atoms with Crippen LogP contribution < -0.4 is 16.6 Å². The van der Waals surface area contributed by atoms with Crippen molar-refractivity contribution in [1.82, 2.24) is 5.32 Å². The van der Waals surface area contributed by atoms with Crippen molar-refractivity contribution in [3.8, 4) is 0 Å². The molecular weight excluding hydrogens is 276 g/mol. The molecule has 1 aromatic carbocycles. The minimum absolute atomic E-state index is 0.0209. The first-order chi connectivity index (χ1) is 10.0. The zero-order valence-electron chi connectivity index (χ0n) is 11.7. The lowest BCUT2D eigenvalue weighted by molar-refractivity contribution is -0.384. The number of nitrogen functional groups attached to an aromatic ring is 1. The van der Waals surface area contributed by atoms with Gasteiger partial charge in [0.05, 0.1) is 11.0 Å². The van der Waals surface area contributed by atoms with Crippen LogP contribution >= 0.6 is 0 Å². The van der Waals surface area contributed by atoms with Crippen molar-refractivity contribution >= 4 is 17.3 Å². The number of nitrogens with one attached hydrogen (secondary N) is 2. The SMILES string of the molecule is CC1CC(NC(=O)c2ccc(NN)c([N+](=O)[O-])c2)CCO1. The minimum Gasteiger partial charge on any atom is -0.378 e. The number of hydrazine groups is 1. The third-order valence-corrected chi connectivity index (χ3v) is 3.43. The molecule has 1 fully saturated rings. The molecule has 0 aromatic heterocycles. The number of nitrogens with zero attached hydrogens (tertiary/aromatic N) is 1. The van der Waals surface area contributed by atoms with E-state index in [1.807, 2.05) is 6.92 Å². The number of ether oxygens (including phenoxy) is 1. The van der Waals surface area contributed by atoms with Crippen LogP contribution in [0, 0.1) is 10.1 Å². The Bertz CT molecular complexity index is 549. The molecule has 1 aliphatic heterocycles. The van der Waals surface area contributed by atoms with Crippen LogP contribution in [-0.2, 0) is 4.74 Å². The van der Waals surface area contributed by atoms with Gasteiger partial charge in [0.25, 0.3) is 11.6 Å². The molecule has 0 saturated carbocycles. The molecule has 114 valence electrons. The lowest BCUT2D eigenvalue weighted by Gasteiger charge is -2.27. The second kappa shape index (κ2) is 6.51. The Morgan fingerprint density at radius 2 is 2.29 bits per heavy atom. The highest BCUT2D eigenvalue weighted by Gasteiger charge is 2.23.